The lowest BCUT2D eigenvalue weighted by molar-refractivity contribution is -0.137. The molecule has 7 heteroatoms. The number of hydrogen-bond donors (Lipinski definition) is 0. The predicted molar refractivity (Wildman–Crippen MR) is 133 cm³/mol. The molecule has 0 aromatic heterocycles. The molecule has 0 bridgehead atoms. The molecule has 0 N–H and O–H groups in total. The highest BCUT2D eigenvalue weighted by atomic mass is 19.4. The van der Waals surface area contributed by atoms with E-state index in [9.17, 15) is 22.4 Å². The first kappa shape index (κ1) is 26.6. The zero-order valence-corrected chi connectivity index (χ0v) is 21.1. The van der Waals surface area contributed by atoms with Crippen LogP contribution in [-0.4, -0.2) is 47.9 Å². The Hall–Kier alpha value is -2.41. The van der Waals surface area contributed by atoms with Crippen LogP contribution in [0.2, 0.25) is 0 Å². The summed E-state index contributed by atoms with van der Waals surface area (Å²) < 4.78 is 53.9. The molecule has 1 amide bonds. The smallest absolute Gasteiger partial charge is 0.336 e. The molecule has 2 atom stereocenters. The third kappa shape index (κ3) is 6.47. The minimum Gasteiger partial charge on any atom is -0.336 e. The summed E-state index contributed by atoms with van der Waals surface area (Å²) in [5.41, 5.74) is 0.462. The molecule has 1 heterocycles. The van der Waals surface area contributed by atoms with Crippen LogP contribution in [0.25, 0.3) is 0 Å². The third-order valence-corrected chi connectivity index (χ3v) is 7.81. The Morgan fingerprint density at radius 3 is 2.36 bits per heavy atom. The van der Waals surface area contributed by atoms with Crippen LogP contribution in [0, 0.1) is 17.7 Å². The highest BCUT2D eigenvalue weighted by Crippen LogP contribution is 2.38. The van der Waals surface area contributed by atoms with E-state index in [1.54, 1.807) is 11.0 Å². The number of carbonyl (C=O) groups is 1. The lowest BCUT2D eigenvalue weighted by Crippen LogP contribution is -2.42. The van der Waals surface area contributed by atoms with Crippen molar-refractivity contribution in [2.24, 2.45) is 11.8 Å². The first-order valence-corrected chi connectivity index (χ1v) is 13.1. The number of rotatable bonds is 7. The molecule has 2 fully saturated rings. The van der Waals surface area contributed by atoms with Crippen LogP contribution in [0.15, 0.2) is 48.5 Å². The van der Waals surface area contributed by atoms with Crippen LogP contribution in [0.3, 0.4) is 0 Å². The van der Waals surface area contributed by atoms with Gasteiger partial charge in [-0.2, -0.15) is 13.2 Å². The van der Waals surface area contributed by atoms with Crippen molar-refractivity contribution in [1.82, 2.24) is 9.80 Å². The molecule has 36 heavy (non-hydrogen) atoms. The molecule has 0 unspecified atom stereocenters. The molecule has 196 valence electrons. The lowest BCUT2D eigenvalue weighted by atomic mass is 9.87. The van der Waals surface area contributed by atoms with Gasteiger partial charge in [0.2, 0.25) is 0 Å². The standard InChI is InChI=1S/C29H36F4N2O/c1-20(2)35(28(36)22-11-13-26(30)14-12-22)18-24-17-34(16-21-7-4-3-5-8-21)19-27(24)23-9-6-10-25(15-23)29(31,32)33/h6,9-15,20-21,24,27H,3-5,7-8,16-19H2,1-2H3/t24-,27+/m0/s1. The van der Waals surface area contributed by atoms with Gasteiger partial charge in [-0.05, 0) is 74.4 Å². The van der Waals surface area contributed by atoms with E-state index in [1.165, 1.54) is 68.5 Å². The molecule has 3 nitrogen and oxygen atoms in total. The molecule has 1 saturated heterocycles. The van der Waals surface area contributed by atoms with Gasteiger partial charge in [-0.25, -0.2) is 4.39 Å². The van der Waals surface area contributed by atoms with E-state index in [2.05, 4.69) is 4.90 Å². The van der Waals surface area contributed by atoms with E-state index < -0.39 is 17.6 Å². The van der Waals surface area contributed by atoms with Crippen LogP contribution >= 0.6 is 0 Å². The Labute approximate surface area is 211 Å². The van der Waals surface area contributed by atoms with Crippen LogP contribution in [0.1, 0.15) is 73.4 Å². The van der Waals surface area contributed by atoms with Crippen molar-refractivity contribution in [2.45, 2.75) is 64.1 Å². The van der Waals surface area contributed by atoms with Gasteiger partial charge in [0.25, 0.3) is 5.91 Å². The molecule has 4 rings (SSSR count). The quantitative estimate of drug-likeness (QED) is 0.380. The fraction of sp³-hybridized carbons (Fsp3) is 0.552. The fourth-order valence-corrected chi connectivity index (χ4v) is 5.89. The zero-order valence-electron chi connectivity index (χ0n) is 21.1. The second-order valence-electron chi connectivity index (χ2n) is 10.8. The summed E-state index contributed by atoms with van der Waals surface area (Å²) in [6.45, 7) is 6.72. The molecule has 2 aliphatic rings. The normalized spacial score (nSPS) is 21.8. The summed E-state index contributed by atoms with van der Waals surface area (Å²) in [5.74, 6) is -0.0522. The molecule has 1 aliphatic carbocycles. The van der Waals surface area contributed by atoms with Crippen LogP contribution < -0.4 is 0 Å². The highest BCUT2D eigenvalue weighted by molar-refractivity contribution is 5.94. The number of nitrogens with zero attached hydrogens (tertiary/aromatic N) is 2. The van der Waals surface area contributed by atoms with Crippen molar-refractivity contribution in [3.63, 3.8) is 0 Å². The predicted octanol–water partition coefficient (Wildman–Crippen LogP) is 6.99. The fourth-order valence-electron chi connectivity index (χ4n) is 5.89. The Morgan fingerprint density at radius 1 is 1.03 bits per heavy atom. The van der Waals surface area contributed by atoms with E-state index >= 15 is 0 Å². The van der Waals surface area contributed by atoms with E-state index in [0.29, 0.717) is 30.1 Å². The average molecular weight is 505 g/mol. The second-order valence-corrected chi connectivity index (χ2v) is 10.8. The van der Waals surface area contributed by atoms with Gasteiger partial charge in [0.15, 0.2) is 0 Å². The topological polar surface area (TPSA) is 23.6 Å². The number of hydrogen-bond acceptors (Lipinski definition) is 2. The largest absolute Gasteiger partial charge is 0.416 e. The summed E-state index contributed by atoms with van der Waals surface area (Å²) in [4.78, 5) is 17.5. The van der Waals surface area contributed by atoms with Crippen LogP contribution in [0.5, 0.6) is 0 Å². The Balaban J connectivity index is 1.58. The molecule has 2 aromatic rings. The van der Waals surface area contributed by atoms with Crippen LogP contribution in [-0.2, 0) is 6.18 Å². The van der Waals surface area contributed by atoms with Crippen molar-refractivity contribution < 1.29 is 22.4 Å². The summed E-state index contributed by atoms with van der Waals surface area (Å²) in [6, 6.07) is 11.1. The van der Waals surface area contributed by atoms with Crippen molar-refractivity contribution >= 4 is 5.91 Å². The molecule has 1 saturated carbocycles. The average Bonchev–Trinajstić information content (AvgIpc) is 3.25. The van der Waals surface area contributed by atoms with E-state index in [1.807, 2.05) is 13.8 Å². The zero-order chi connectivity index (χ0) is 25.9. The van der Waals surface area contributed by atoms with Crippen molar-refractivity contribution in [2.75, 3.05) is 26.2 Å². The van der Waals surface area contributed by atoms with Gasteiger partial charge in [-0.15, -0.1) is 0 Å². The molecular formula is C29H36F4N2O. The Kier molecular flexibility index (Phi) is 8.38. The number of carbonyl (C=O) groups excluding carboxylic acids is 1. The molecule has 0 radical (unpaired) electrons. The minimum absolute atomic E-state index is 0.00359. The van der Waals surface area contributed by atoms with Gasteiger partial charge in [0.1, 0.15) is 5.82 Å². The summed E-state index contributed by atoms with van der Waals surface area (Å²) >= 11 is 0. The SMILES string of the molecule is CC(C)N(C[C@@H]1CN(CC2CCCCC2)C[C@@H]1c1cccc(C(F)(F)F)c1)C(=O)c1ccc(F)cc1. The lowest BCUT2D eigenvalue weighted by Gasteiger charge is -2.32. The minimum atomic E-state index is -4.39. The van der Waals surface area contributed by atoms with Gasteiger partial charge in [-0.3, -0.25) is 4.79 Å². The van der Waals surface area contributed by atoms with Gasteiger partial charge in [-0.1, -0.05) is 37.5 Å². The first-order valence-electron chi connectivity index (χ1n) is 13.1. The monoisotopic (exact) mass is 504 g/mol. The third-order valence-electron chi connectivity index (χ3n) is 7.81. The number of likely N-dealkylation sites (tertiary alicyclic amines) is 1. The number of halogens is 4. The van der Waals surface area contributed by atoms with Crippen molar-refractivity contribution in [1.29, 1.82) is 0 Å². The van der Waals surface area contributed by atoms with Crippen molar-refractivity contribution in [3.05, 3.63) is 71.0 Å². The number of benzene rings is 2. The Morgan fingerprint density at radius 2 is 1.72 bits per heavy atom. The van der Waals surface area contributed by atoms with E-state index in [-0.39, 0.29) is 23.8 Å². The van der Waals surface area contributed by atoms with E-state index in [0.717, 1.165) is 19.2 Å². The Bertz CT molecular complexity index is 1010. The molecule has 1 aliphatic heterocycles. The molecular weight excluding hydrogens is 468 g/mol. The van der Waals surface area contributed by atoms with Gasteiger partial charge < -0.3 is 9.80 Å². The number of alkyl halides is 3. The summed E-state index contributed by atoms with van der Waals surface area (Å²) in [6.07, 6.45) is 1.78. The van der Waals surface area contributed by atoms with Gasteiger partial charge >= 0.3 is 6.18 Å². The highest BCUT2D eigenvalue weighted by Gasteiger charge is 2.38. The number of amides is 1. The maximum atomic E-state index is 13.5. The maximum Gasteiger partial charge on any atom is 0.416 e. The van der Waals surface area contributed by atoms with Crippen molar-refractivity contribution in [3.8, 4) is 0 Å². The van der Waals surface area contributed by atoms with Gasteiger partial charge in [0, 0.05) is 43.7 Å². The first-order chi connectivity index (χ1) is 17.1. The molecule has 0 spiro atoms. The second kappa shape index (κ2) is 11.3. The summed E-state index contributed by atoms with van der Waals surface area (Å²) in [7, 11) is 0. The summed E-state index contributed by atoms with van der Waals surface area (Å²) in [5, 5.41) is 0. The maximum absolute atomic E-state index is 13.5. The molecule has 2 aromatic carbocycles. The van der Waals surface area contributed by atoms with Crippen LogP contribution in [0.4, 0.5) is 17.6 Å². The van der Waals surface area contributed by atoms with E-state index in [4.69, 9.17) is 0 Å². The van der Waals surface area contributed by atoms with Gasteiger partial charge in [0.05, 0.1) is 5.56 Å².